The highest BCUT2D eigenvalue weighted by Crippen LogP contribution is 2.05. The van der Waals surface area contributed by atoms with E-state index in [0.29, 0.717) is 0 Å². The van der Waals surface area contributed by atoms with Gasteiger partial charge in [0.1, 0.15) is 0 Å². The normalized spacial score (nSPS) is 15.1. The highest BCUT2D eigenvalue weighted by atomic mass is 16.3. The van der Waals surface area contributed by atoms with Gasteiger partial charge in [0.25, 0.3) is 0 Å². The summed E-state index contributed by atoms with van der Waals surface area (Å²) in [5, 5.41) is 9.21. The lowest BCUT2D eigenvalue weighted by Gasteiger charge is -2.04. The van der Waals surface area contributed by atoms with Crippen molar-refractivity contribution in [1.29, 1.82) is 0 Å². The number of allylic oxidation sites excluding steroid dienone is 2. The quantitative estimate of drug-likeness (QED) is 0.607. The SMILES string of the molecule is CC/C(C)=C/CC[C@@H](O)CC. The molecule has 0 radical (unpaired) electrons. The van der Waals surface area contributed by atoms with Crippen molar-refractivity contribution in [3.63, 3.8) is 0 Å². The molecule has 0 aromatic heterocycles. The summed E-state index contributed by atoms with van der Waals surface area (Å²) in [4.78, 5) is 0. The molecule has 0 spiro atoms. The van der Waals surface area contributed by atoms with E-state index in [1.54, 1.807) is 0 Å². The highest BCUT2D eigenvalue weighted by molar-refractivity contribution is 4.96. The van der Waals surface area contributed by atoms with Crippen molar-refractivity contribution in [1.82, 2.24) is 0 Å². The Balaban J connectivity index is 3.39. The Morgan fingerprint density at radius 1 is 1.45 bits per heavy atom. The highest BCUT2D eigenvalue weighted by Gasteiger charge is 1.97. The lowest BCUT2D eigenvalue weighted by atomic mass is 10.1. The number of hydrogen-bond acceptors (Lipinski definition) is 1. The van der Waals surface area contributed by atoms with E-state index in [2.05, 4.69) is 19.9 Å². The molecule has 1 atom stereocenters. The van der Waals surface area contributed by atoms with Crippen LogP contribution in [-0.2, 0) is 0 Å². The van der Waals surface area contributed by atoms with Gasteiger partial charge in [-0.2, -0.15) is 0 Å². The number of rotatable bonds is 5. The van der Waals surface area contributed by atoms with E-state index in [4.69, 9.17) is 0 Å². The van der Waals surface area contributed by atoms with E-state index < -0.39 is 0 Å². The van der Waals surface area contributed by atoms with E-state index >= 15 is 0 Å². The fourth-order valence-electron chi connectivity index (χ4n) is 0.871. The second-order valence-electron chi connectivity index (χ2n) is 3.04. The maximum Gasteiger partial charge on any atom is 0.0540 e. The van der Waals surface area contributed by atoms with Crippen molar-refractivity contribution in [2.24, 2.45) is 0 Å². The number of aliphatic hydroxyl groups is 1. The molecule has 66 valence electrons. The molecule has 0 aliphatic carbocycles. The van der Waals surface area contributed by atoms with Gasteiger partial charge in [0.2, 0.25) is 0 Å². The lowest BCUT2D eigenvalue weighted by molar-refractivity contribution is 0.161. The molecular formula is C10H20O. The van der Waals surface area contributed by atoms with Crippen LogP contribution in [0.15, 0.2) is 11.6 Å². The summed E-state index contributed by atoms with van der Waals surface area (Å²) in [6.45, 7) is 6.31. The third-order valence-corrected chi connectivity index (χ3v) is 2.02. The summed E-state index contributed by atoms with van der Waals surface area (Å²) >= 11 is 0. The first-order valence-corrected chi connectivity index (χ1v) is 4.54. The Labute approximate surface area is 70.1 Å². The van der Waals surface area contributed by atoms with Crippen molar-refractivity contribution >= 4 is 0 Å². The van der Waals surface area contributed by atoms with E-state index in [9.17, 15) is 5.11 Å². The summed E-state index contributed by atoms with van der Waals surface area (Å²) in [7, 11) is 0. The van der Waals surface area contributed by atoms with Gasteiger partial charge in [-0.15, -0.1) is 0 Å². The van der Waals surface area contributed by atoms with Crippen LogP contribution >= 0.6 is 0 Å². The Morgan fingerprint density at radius 3 is 2.55 bits per heavy atom. The number of hydrogen-bond donors (Lipinski definition) is 1. The zero-order valence-corrected chi connectivity index (χ0v) is 7.93. The molecule has 0 aromatic rings. The third-order valence-electron chi connectivity index (χ3n) is 2.02. The summed E-state index contributed by atoms with van der Waals surface area (Å²) in [6, 6.07) is 0. The zero-order valence-electron chi connectivity index (χ0n) is 7.93. The zero-order chi connectivity index (χ0) is 8.69. The molecule has 0 aromatic carbocycles. The van der Waals surface area contributed by atoms with Crippen molar-refractivity contribution in [2.45, 2.75) is 52.6 Å². The maximum atomic E-state index is 9.21. The van der Waals surface area contributed by atoms with Crippen LogP contribution in [-0.4, -0.2) is 11.2 Å². The van der Waals surface area contributed by atoms with Crippen molar-refractivity contribution in [3.8, 4) is 0 Å². The Kier molecular flexibility index (Phi) is 6.24. The van der Waals surface area contributed by atoms with Gasteiger partial charge >= 0.3 is 0 Å². The van der Waals surface area contributed by atoms with Gasteiger partial charge in [-0.05, 0) is 32.6 Å². The molecule has 0 aliphatic heterocycles. The molecule has 0 aliphatic rings. The molecule has 0 rings (SSSR count). The molecule has 1 heteroatoms. The summed E-state index contributed by atoms with van der Waals surface area (Å²) < 4.78 is 0. The van der Waals surface area contributed by atoms with Crippen molar-refractivity contribution in [2.75, 3.05) is 0 Å². The molecule has 0 saturated heterocycles. The van der Waals surface area contributed by atoms with E-state index in [-0.39, 0.29) is 6.10 Å². The van der Waals surface area contributed by atoms with Crippen LogP contribution in [0.3, 0.4) is 0 Å². The maximum absolute atomic E-state index is 9.21. The van der Waals surface area contributed by atoms with Crippen LogP contribution < -0.4 is 0 Å². The smallest absolute Gasteiger partial charge is 0.0540 e. The minimum absolute atomic E-state index is 0.101. The Hall–Kier alpha value is -0.300. The Morgan fingerprint density at radius 2 is 2.09 bits per heavy atom. The van der Waals surface area contributed by atoms with Gasteiger partial charge in [0.05, 0.1) is 6.10 Å². The standard InChI is InChI=1S/C10H20O/c1-4-9(3)7-6-8-10(11)5-2/h7,10-11H,4-6,8H2,1-3H3/b9-7+/t10-/m0/s1. The van der Waals surface area contributed by atoms with Crippen LogP contribution in [0.4, 0.5) is 0 Å². The van der Waals surface area contributed by atoms with Crippen LogP contribution in [0.25, 0.3) is 0 Å². The molecule has 1 nitrogen and oxygen atoms in total. The van der Waals surface area contributed by atoms with Crippen LogP contribution in [0, 0.1) is 0 Å². The summed E-state index contributed by atoms with van der Waals surface area (Å²) in [5.41, 5.74) is 1.42. The molecule has 0 unspecified atom stereocenters. The van der Waals surface area contributed by atoms with Crippen LogP contribution in [0.1, 0.15) is 46.5 Å². The number of aliphatic hydroxyl groups excluding tert-OH is 1. The largest absolute Gasteiger partial charge is 0.393 e. The first-order chi connectivity index (χ1) is 5.20. The van der Waals surface area contributed by atoms with Crippen LogP contribution in [0.5, 0.6) is 0 Å². The minimum atomic E-state index is -0.101. The molecule has 0 fully saturated rings. The molecule has 0 amide bonds. The monoisotopic (exact) mass is 156 g/mol. The van der Waals surface area contributed by atoms with Gasteiger partial charge in [-0.25, -0.2) is 0 Å². The molecule has 0 saturated carbocycles. The Bertz CT molecular complexity index is 116. The molecular weight excluding hydrogens is 136 g/mol. The fraction of sp³-hybridized carbons (Fsp3) is 0.800. The molecule has 1 N–H and O–H groups in total. The predicted octanol–water partition coefficient (Wildman–Crippen LogP) is 2.89. The first kappa shape index (κ1) is 10.7. The van der Waals surface area contributed by atoms with Gasteiger partial charge in [0.15, 0.2) is 0 Å². The van der Waals surface area contributed by atoms with E-state index in [1.165, 1.54) is 5.57 Å². The van der Waals surface area contributed by atoms with E-state index in [0.717, 1.165) is 25.7 Å². The van der Waals surface area contributed by atoms with Crippen LogP contribution in [0.2, 0.25) is 0 Å². The van der Waals surface area contributed by atoms with Crippen molar-refractivity contribution in [3.05, 3.63) is 11.6 Å². The van der Waals surface area contributed by atoms with Gasteiger partial charge < -0.3 is 5.11 Å². The average molecular weight is 156 g/mol. The summed E-state index contributed by atoms with van der Waals surface area (Å²) in [6.07, 6.45) is 6.05. The minimum Gasteiger partial charge on any atom is -0.393 e. The summed E-state index contributed by atoms with van der Waals surface area (Å²) in [5.74, 6) is 0. The van der Waals surface area contributed by atoms with Crippen molar-refractivity contribution < 1.29 is 5.11 Å². The van der Waals surface area contributed by atoms with Gasteiger partial charge in [-0.1, -0.05) is 25.5 Å². The average Bonchev–Trinajstić information content (AvgIpc) is 2.04. The third kappa shape index (κ3) is 6.11. The predicted molar refractivity (Wildman–Crippen MR) is 49.6 cm³/mol. The molecule has 11 heavy (non-hydrogen) atoms. The van der Waals surface area contributed by atoms with Gasteiger partial charge in [0, 0.05) is 0 Å². The second-order valence-corrected chi connectivity index (χ2v) is 3.04. The first-order valence-electron chi connectivity index (χ1n) is 4.54. The second kappa shape index (κ2) is 6.41. The fourth-order valence-corrected chi connectivity index (χ4v) is 0.871. The van der Waals surface area contributed by atoms with E-state index in [1.807, 2.05) is 6.92 Å². The topological polar surface area (TPSA) is 20.2 Å². The molecule has 0 bridgehead atoms. The lowest BCUT2D eigenvalue weighted by Crippen LogP contribution is -2.02. The van der Waals surface area contributed by atoms with Gasteiger partial charge in [-0.3, -0.25) is 0 Å². The molecule has 0 heterocycles.